The van der Waals surface area contributed by atoms with Crippen LogP contribution in [-0.4, -0.2) is 43.1 Å². The Labute approximate surface area is 162 Å². The third-order valence-electron chi connectivity index (χ3n) is 5.18. The molecule has 1 unspecified atom stereocenters. The number of rotatable bonds is 5. The second-order valence-electron chi connectivity index (χ2n) is 6.94. The Morgan fingerprint density at radius 1 is 1.19 bits per heavy atom. The molecule has 2 heterocycles. The number of ether oxygens (including phenoxy) is 1. The third kappa shape index (κ3) is 3.68. The van der Waals surface area contributed by atoms with Crippen LogP contribution < -0.4 is 10.6 Å². The summed E-state index contributed by atoms with van der Waals surface area (Å²) in [4.78, 5) is 29.2. The predicted octanol–water partition coefficient (Wildman–Crippen LogP) is 2.06. The Morgan fingerprint density at radius 3 is 2.63 bits per heavy atom. The van der Waals surface area contributed by atoms with Crippen LogP contribution in [-0.2, 0) is 11.2 Å². The number of nitrogens with one attached hydrogen (secondary N) is 2. The van der Waals surface area contributed by atoms with Crippen LogP contribution in [0.1, 0.15) is 32.1 Å². The molecule has 0 bridgehead atoms. The minimum absolute atomic E-state index is 0.162. The molecule has 1 aliphatic carbocycles. The number of carbonyl (C=O) groups is 2. The van der Waals surface area contributed by atoms with Gasteiger partial charge < -0.3 is 15.4 Å². The van der Waals surface area contributed by atoms with E-state index >= 15 is 0 Å². The molecule has 6 nitrogen and oxygen atoms in total. The quantitative estimate of drug-likeness (QED) is 0.825. The van der Waals surface area contributed by atoms with Gasteiger partial charge in [0.05, 0.1) is 13.2 Å². The fourth-order valence-electron chi connectivity index (χ4n) is 3.58. The lowest BCUT2D eigenvalue weighted by Gasteiger charge is -2.11. The summed E-state index contributed by atoms with van der Waals surface area (Å²) in [7, 11) is 1.54. The fourth-order valence-corrected chi connectivity index (χ4v) is 3.78. The minimum atomic E-state index is -0.332. The van der Waals surface area contributed by atoms with E-state index in [9.17, 15) is 9.59 Å². The fraction of sp³-hybridized carbons (Fsp3) is 0.350. The number of pyridine rings is 1. The number of aromatic nitrogens is 1. The van der Waals surface area contributed by atoms with Crippen LogP contribution in [0.2, 0.25) is 5.02 Å². The Morgan fingerprint density at radius 2 is 1.93 bits per heavy atom. The molecule has 140 valence electrons. The van der Waals surface area contributed by atoms with Gasteiger partial charge in [-0.15, -0.1) is 0 Å². The maximum atomic E-state index is 12.7. The lowest BCUT2D eigenvalue weighted by Crippen LogP contribution is -2.30. The topological polar surface area (TPSA) is 80.3 Å². The summed E-state index contributed by atoms with van der Waals surface area (Å²) in [5, 5.41) is 6.24. The van der Waals surface area contributed by atoms with Gasteiger partial charge >= 0.3 is 0 Å². The zero-order valence-electron chi connectivity index (χ0n) is 14.9. The molecule has 27 heavy (non-hydrogen) atoms. The van der Waals surface area contributed by atoms with Crippen molar-refractivity contribution in [3.8, 4) is 0 Å². The first-order chi connectivity index (χ1) is 13.1. The molecule has 2 fully saturated rings. The monoisotopic (exact) mass is 385 g/mol. The summed E-state index contributed by atoms with van der Waals surface area (Å²) >= 11 is 6.24. The number of nitrogens with zero attached hydrogens (tertiary/aromatic N) is 1. The van der Waals surface area contributed by atoms with Crippen LogP contribution in [0.15, 0.2) is 36.4 Å². The molecule has 0 spiro atoms. The smallest absolute Gasteiger partial charge is 0.269 e. The Hall–Kier alpha value is -2.44. The number of halogens is 1. The highest BCUT2D eigenvalue weighted by atomic mass is 35.5. The largest absolute Gasteiger partial charge is 0.381 e. The van der Waals surface area contributed by atoms with Crippen molar-refractivity contribution in [2.45, 2.75) is 12.5 Å². The van der Waals surface area contributed by atoms with Crippen molar-refractivity contribution in [3.05, 3.63) is 63.9 Å². The van der Waals surface area contributed by atoms with E-state index in [1.54, 1.807) is 12.1 Å². The number of benzene rings is 1. The van der Waals surface area contributed by atoms with Crippen molar-refractivity contribution >= 4 is 23.4 Å². The summed E-state index contributed by atoms with van der Waals surface area (Å²) in [6.45, 7) is 1.40. The molecule has 1 aliphatic heterocycles. The second kappa shape index (κ2) is 7.29. The molecule has 3 atom stereocenters. The molecular weight excluding hydrogens is 366 g/mol. The Bertz CT molecular complexity index is 892. The lowest BCUT2D eigenvalue weighted by molar-refractivity contribution is 0.0928. The van der Waals surface area contributed by atoms with Crippen LogP contribution in [0, 0.1) is 11.8 Å². The maximum Gasteiger partial charge on any atom is 0.269 e. The first kappa shape index (κ1) is 17.9. The zero-order valence-corrected chi connectivity index (χ0v) is 15.6. The van der Waals surface area contributed by atoms with Gasteiger partial charge in [0.1, 0.15) is 5.69 Å². The Balaban J connectivity index is 1.59. The second-order valence-corrected chi connectivity index (χ2v) is 7.35. The van der Waals surface area contributed by atoms with Gasteiger partial charge in [-0.1, -0.05) is 29.8 Å². The molecule has 7 heteroatoms. The molecular formula is C20H20ClN3O3. The van der Waals surface area contributed by atoms with Crippen LogP contribution >= 0.6 is 11.6 Å². The molecule has 4 rings (SSSR count). The third-order valence-corrected chi connectivity index (χ3v) is 5.55. The van der Waals surface area contributed by atoms with Gasteiger partial charge in [-0.25, -0.2) is 4.98 Å². The van der Waals surface area contributed by atoms with Crippen LogP contribution in [0.3, 0.4) is 0 Å². The number of amides is 2. The van der Waals surface area contributed by atoms with Crippen LogP contribution in [0.25, 0.3) is 0 Å². The molecule has 1 aromatic carbocycles. The summed E-state index contributed by atoms with van der Waals surface area (Å²) in [5.41, 5.74) is 2.15. The average Bonchev–Trinajstić information content (AvgIpc) is 3.09. The van der Waals surface area contributed by atoms with Crippen molar-refractivity contribution in [1.29, 1.82) is 0 Å². The van der Waals surface area contributed by atoms with Crippen molar-refractivity contribution in [2.24, 2.45) is 11.8 Å². The number of hydrogen-bond donors (Lipinski definition) is 2. The van der Waals surface area contributed by atoms with Gasteiger partial charge in [0, 0.05) is 47.6 Å². The van der Waals surface area contributed by atoms with Gasteiger partial charge in [-0.2, -0.15) is 0 Å². The van der Waals surface area contributed by atoms with E-state index in [1.165, 1.54) is 13.1 Å². The highest BCUT2D eigenvalue weighted by Gasteiger charge is 2.54. The molecule has 1 aromatic heterocycles. The van der Waals surface area contributed by atoms with E-state index in [0.717, 1.165) is 5.56 Å². The normalized spacial score (nSPS) is 22.8. The van der Waals surface area contributed by atoms with E-state index in [4.69, 9.17) is 16.3 Å². The van der Waals surface area contributed by atoms with Crippen LogP contribution in [0.5, 0.6) is 0 Å². The van der Waals surface area contributed by atoms with Gasteiger partial charge in [0.25, 0.3) is 11.8 Å². The van der Waals surface area contributed by atoms with Gasteiger partial charge in [0.15, 0.2) is 0 Å². The number of carbonyl (C=O) groups excluding carboxylic acids is 2. The van der Waals surface area contributed by atoms with E-state index in [2.05, 4.69) is 15.6 Å². The first-order valence-electron chi connectivity index (χ1n) is 8.92. The maximum absolute atomic E-state index is 12.7. The zero-order chi connectivity index (χ0) is 19.0. The standard InChI is InChI=1S/C20H20ClN3O3/c1-22-20(26)17-8-12(19(25)24-18-14-9-27-10-15(14)18)7-13(23-17)6-11-4-2-3-5-16(11)21/h2-5,7-8,14-15,18H,6,9-10H2,1H3,(H,22,26)(H,24,25)/t14-,15+,18?. The molecule has 0 radical (unpaired) electrons. The summed E-state index contributed by atoms with van der Waals surface area (Å²) in [6.07, 6.45) is 0.438. The van der Waals surface area contributed by atoms with Crippen molar-refractivity contribution < 1.29 is 14.3 Å². The van der Waals surface area contributed by atoms with Crippen LogP contribution in [0.4, 0.5) is 0 Å². The average molecular weight is 386 g/mol. The summed E-state index contributed by atoms with van der Waals surface area (Å²) in [5.74, 6) is 0.303. The summed E-state index contributed by atoms with van der Waals surface area (Å²) < 4.78 is 5.36. The van der Waals surface area contributed by atoms with E-state index < -0.39 is 0 Å². The van der Waals surface area contributed by atoms with Gasteiger partial charge in [-0.3, -0.25) is 9.59 Å². The number of fused-ring (bicyclic) bond motifs is 1. The Kier molecular flexibility index (Phi) is 4.85. The first-order valence-corrected chi connectivity index (χ1v) is 9.29. The van der Waals surface area contributed by atoms with E-state index in [-0.39, 0.29) is 23.6 Å². The molecule has 2 aromatic rings. The molecule has 2 N–H and O–H groups in total. The minimum Gasteiger partial charge on any atom is -0.381 e. The number of hydrogen-bond acceptors (Lipinski definition) is 4. The highest BCUT2D eigenvalue weighted by Crippen LogP contribution is 2.44. The van der Waals surface area contributed by atoms with Gasteiger partial charge in [0.2, 0.25) is 0 Å². The van der Waals surface area contributed by atoms with Crippen molar-refractivity contribution in [3.63, 3.8) is 0 Å². The molecule has 2 aliphatic rings. The summed E-state index contributed by atoms with van der Waals surface area (Å²) in [6, 6.07) is 10.9. The highest BCUT2D eigenvalue weighted by molar-refractivity contribution is 6.31. The van der Waals surface area contributed by atoms with Crippen molar-refractivity contribution in [2.75, 3.05) is 20.3 Å². The SMILES string of the molecule is CNC(=O)c1cc(C(=O)NC2[C@H]3COC[C@@H]23)cc(Cc2ccccc2Cl)n1. The van der Waals surface area contributed by atoms with E-state index in [1.807, 2.05) is 18.2 Å². The molecule has 1 saturated carbocycles. The van der Waals surface area contributed by atoms with Crippen molar-refractivity contribution in [1.82, 2.24) is 15.6 Å². The van der Waals surface area contributed by atoms with E-state index in [0.29, 0.717) is 47.8 Å². The van der Waals surface area contributed by atoms with Gasteiger partial charge in [-0.05, 0) is 23.8 Å². The molecule has 1 saturated heterocycles. The predicted molar refractivity (Wildman–Crippen MR) is 101 cm³/mol. The lowest BCUT2D eigenvalue weighted by atomic mass is 10.1. The molecule has 2 amide bonds.